The van der Waals surface area contributed by atoms with E-state index < -0.39 is 10.2 Å². The monoisotopic (exact) mass is 289 g/mol. The second kappa shape index (κ2) is 7.27. The first-order valence-corrected chi connectivity index (χ1v) is 7.37. The molecule has 1 heterocycles. The van der Waals surface area contributed by atoms with Crippen LogP contribution in [0.15, 0.2) is 18.3 Å². The molecule has 19 heavy (non-hydrogen) atoms. The molecule has 0 spiro atoms. The van der Waals surface area contributed by atoms with E-state index in [1.807, 2.05) is 6.92 Å². The Morgan fingerprint density at radius 3 is 2.74 bits per heavy atom. The Morgan fingerprint density at radius 2 is 2.21 bits per heavy atom. The van der Waals surface area contributed by atoms with Crippen LogP contribution >= 0.6 is 0 Å². The number of pyridine rings is 1. The Hall–Kier alpha value is -1.38. The Balaban J connectivity index is 2.67. The molecule has 2 N–H and O–H groups in total. The van der Waals surface area contributed by atoms with Crippen molar-refractivity contribution >= 4 is 15.9 Å². The maximum absolute atomic E-state index is 11.9. The van der Waals surface area contributed by atoms with E-state index in [9.17, 15) is 8.42 Å². The Bertz CT molecular complexity index is 475. The molecule has 0 fully saturated rings. The minimum atomic E-state index is -3.62. The van der Waals surface area contributed by atoms with Gasteiger partial charge in [-0.1, -0.05) is 0 Å². The lowest BCUT2D eigenvalue weighted by Gasteiger charge is -2.17. The van der Waals surface area contributed by atoms with E-state index in [0.29, 0.717) is 24.6 Å². The zero-order valence-electron chi connectivity index (χ0n) is 11.0. The van der Waals surface area contributed by atoms with Crippen LogP contribution in [0.3, 0.4) is 0 Å². The minimum absolute atomic E-state index is 0.0511. The predicted octanol–water partition coefficient (Wildman–Crippen LogP) is 0.451. The highest BCUT2D eigenvalue weighted by Crippen LogP contribution is 2.14. The van der Waals surface area contributed by atoms with Crippen molar-refractivity contribution in [3.63, 3.8) is 0 Å². The van der Waals surface area contributed by atoms with Gasteiger partial charge in [0.05, 0.1) is 18.5 Å². The predicted molar refractivity (Wildman–Crippen MR) is 72.3 cm³/mol. The van der Waals surface area contributed by atoms with Crippen molar-refractivity contribution in [1.82, 2.24) is 9.29 Å². The van der Waals surface area contributed by atoms with Gasteiger partial charge in [-0.25, -0.2) is 4.98 Å². The van der Waals surface area contributed by atoms with E-state index in [0.717, 1.165) is 4.31 Å². The molecule has 0 unspecified atom stereocenters. The Morgan fingerprint density at radius 1 is 1.47 bits per heavy atom. The fraction of sp³-hybridized carbons (Fsp3) is 0.545. The third kappa shape index (κ3) is 5.01. The van der Waals surface area contributed by atoms with E-state index in [2.05, 4.69) is 9.71 Å². The summed E-state index contributed by atoms with van der Waals surface area (Å²) in [6, 6.07) is 3.17. The van der Waals surface area contributed by atoms with Gasteiger partial charge in [0.25, 0.3) is 0 Å². The van der Waals surface area contributed by atoms with Gasteiger partial charge in [-0.15, -0.1) is 0 Å². The number of ether oxygens (including phenoxy) is 1. The fourth-order valence-electron chi connectivity index (χ4n) is 1.31. The lowest BCUT2D eigenvalue weighted by atomic mass is 10.4. The van der Waals surface area contributed by atoms with Crippen molar-refractivity contribution in [3.8, 4) is 5.88 Å². The van der Waals surface area contributed by atoms with Gasteiger partial charge in [-0.2, -0.15) is 12.7 Å². The number of hydrogen-bond acceptors (Lipinski definition) is 5. The van der Waals surface area contributed by atoms with Crippen LogP contribution in [-0.2, 0) is 10.2 Å². The number of aromatic nitrogens is 1. The van der Waals surface area contributed by atoms with Crippen LogP contribution in [0.25, 0.3) is 0 Å². The second-order valence-corrected chi connectivity index (χ2v) is 5.60. The summed E-state index contributed by atoms with van der Waals surface area (Å²) in [5.41, 5.74) is 0.360. The standard InChI is InChI=1S/C11H19N3O4S/c1-3-18-11-6-5-10(9-12-11)13-19(16,17)14(2)7-4-8-15/h5-6,9,13,15H,3-4,7-8H2,1-2H3. The van der Waals surface area contributed by atoms with Crippen LogP contribution in [0.5, 0.6) is 5.88 Å². The van der Waals surface area contributed by atoms with Gasteiger partial charge in [-0.3, -0.25) is 4.72 Å². The molecular formula is C11H19N3O4S. The summed E-state index contributed by atoms with van der Waals surface area (Å²) >= 11 is 0. The van der Waals surface area contributed by atoms with Crippen LogP contribution in [0.1, 0.15) is 13.3 Å². The summed E-state index contributed by atoms with van der Waals surface area (Å²) in [7, 11) is -2.17. The molecule has 8 heteroatoms. The number of nitrogens with zero attached hydrogens (tertiary/aromatic N) is 2. The third-order valence-electron chi connectivity index (χ3n) is 2.32. The normalized spacial score (nSPS) is 11.6. The van der Waals surface area contributed by atoms with Gasteiger partial charge in [0, 0.05) is 26.3 Å². The smallest absolute Gasteiger partial charge is 0.301 e. The lowest BCUT2D eigenvalue weighted by Crippen LogP contribution is -2.33. The first kappa shape index (κ1) is 15.7. The minimum Gasteiger partial charge on any atom is -0.478 e. The van der Waals surface area contributed by atoms with Gasteiger partial charge < -0.3 is 9.84 Å². The molecule has 1 rings (SSSR count). The SMILES string of the molecule is CCOc1ccc(NS(=O)(=O)N(C)CCCO)cn1. The van der Waals surface area contributed by atoms with Crippen molar-refractivity contribution < 1.29 is 18.3 Å². The number of aliphatic hydroxyl groups is 1. The molecule has 0 amide bonds. The summed E-state index contributed by atoms with van der Waals surface area (Å²) in [4.78, 5) is 3.97. The second-order valence-electron chi connectivity index (χ2n) is 3.82. The Labute approximate surface area is 113 Å². The van der Waals surface area contributed by atoms with Crippen molar-refractivity contribution in [3.05, 3.63) is 18.3 Å². The molecule has 7 nitrogen and oxygen atoms in total. The van der Waals surface area contributed by atoms with Gasteiger partial charge >= 0.3 is 10.2 Å². The summed E-state index contributed by atoms with van der Waals surface area (Å²) < 4.78 is 32.5. The van der Waals surface area contributed by atoms with Crippen molar-refractivity contribution in [2.24, 2.45) is 0 Å². The summed E-state index contributed by atoms with van der Waals surface area (Å²) in [6.07, 6.45) is 1.78. The van der Waals surface area contributed by atoms with Crippen LogP contribution in [0.2, 0.25) is 0 Å². The van der Waals surface area contributed by atoms with Gasteiger partial charge in [0.15, 0.2) is 0 Å². The topological polar surface area (TPSA) is 91.8 Å². The lowest BCUT2D eigenvalue weighted by molar-refractivity contribution is 0.276. The van der Waals surface area contributed by atoms with Crippen LogP contribution in [0.4, 0.5) is 5.69 Å². The molecule has 0 aliphatic carbocycles. The molecule has 0 bridgehead atoms. The highest BCUT2D eigenvalue weighted by molar-refractivity contribution is 7.90. The van der Waals surface area contributed by atoms with E-state index in [1.54, 1.807) is 12.1 Å². The fourth-order valence-corrected chi connectivity index (χ4v) is 2.26. The number of anilines is 1. The molecule has 0 radical (unpaired) electrons. The summed E-state index contributed by atoms with van der Waals surface area (Å²) in [5, 5.41) is 8.69. The molecular weight excluding hydrogens is 270 g/mol. The number of aliphatic hydroxyl groups excluding tert-OH is 1. The van der Waals surface area contributed by atoms with Crippen molar-refractivity contribution in [1.29, 1.82) is 0 Å². The van der Waals surface area contributed by atoms with Crippen molar-refractivity contribution in [2.45, 2.75) is 13.3 Å². The molecule has 0 atom stereocenters. The van der Waals surface area contributed by atoms with E-state index in [4.69, 9.17) is 9.84 Å². The van der Waals surface area contributed by atoms with Gasteiger partial charge in [-0.05, 0) is 19.4 Å². The molecule has 0 aliphatic rings. The van der Waals surface area contributed by atoms with Crippen LogP contribution < -0.4 is 9.46 Å². The summed E-state index contributed by atoms with van der Waals surface area (Å²) in [5.74, 6) is 0.444. The first-order valence-electron chi connectivity index (χ1n) is 5.93. The van der Waals surface area contributed by atoms with Crippen LogP contribution in [-0.4, -0.2) is 49.6 Å². The van der Waals surface area contributed by atoms with Crippen LogP contribution in [0, 0.1) is 0 Å². The first-order chi connectivity index (χ1) is 8.99. The molecule has 0 saturated carbocycles. The van der Waals surface area contributed by atoms with Gasteiger partial charge in [0.1, 0.15) is 0 Å². The van der Waals surface area contributed by atoms with E-state index >= 15 is 0 Å². The average Bonchev–Trinajstić information content (AvgIpc) is 2.38. The highest BCUT2D eigenvalue weighted by Gasteiger charge is 2.17. The molecule has 0 saturated heterocycles. The van der Waals surface area contributed by atoms with Crippen molar-refractivity contribution in [2.75, 3.05) is 31.5 Å². The zero-order chi connectivity index (χ0) is 14.3. The highest BCUT2D eigenvalue weighted by atomic mass is 32.2. The molecule has 0 aromatic carbocycles. The quantitative estimate of drug-likeness (QED) is 0.725. The maximum Gasteiger partial charge on any atom is 0.301 e. The Kier molecular flexibility index (Phi) is 6.00. The van der Waals surface area contributed by atoms with Gasteiger partial charge in [0.2, 0.25) is 5.88 Å². The molecule has 0 aliphatic heterocycles. The molecule has 108 valence electrons. The molecule has 1 aromatic rings. The largest absolute Gasteiger partial charge is 0.478 e. The third-order valence-corrected chi connectivity index (χ3v) is 3.81. The van der Waals surface area contributed by atoms with E-state index in [-0.39, 0.29) is 13.2 Å². The number of hydrogen-bond donors (Lipinski definition) is 2. The summed E-state index contributed by atoms with van der Waals surface area (Å²) in [6.45, 7) is 2.54. The van der Waals surface area contributed by atoms with E-state index in [1.165, 1.54) is 13.2 Å². The number of nitrogens with one attached hydrogen (secondary N) is 1. The maximum atomic E-state index is 11.9. The average molecular weight is 289 g/mol. The number of rotatable bonds is 8. The molecule has 1 aromatic heterocycles. The zero-order valence-corrected chi connectivity index (χ0v) is 11.9.